The van der Waals surface area contributed by atoms with Crippen LogP contribution < -0.4 is 0 Å². The molecule has 1 heterocycles. The van der Waals surface area contributed by atoms with Crippen LogP contribution in [0.5, 0.6) is 0 Å². The number of carbonyl (C=O) groups excluding carboxylic acids is 1. The lowest BCUT2D eigenvalue weighted by molar-refractivity contribution is -0.166. The van der Waals surface area contributed by atoms with E-state index in [1.54, 1.807) is 0 Å². The number of esters is 1. The molecule has 1 fully saturated rings. The Hall–Kier alpha value is -1.39. The van der Waals surface area contributed by atoms with Gasteiger partial charge in [0.2, 0.25) is 0 Å². The van der Waals surface area contributed by atoms with E-state index in [1.165, 1.54) is 12.7 Å². The fraction of sp³-hybridized carbons (Fsp3) is 0.500. The number of benzene rings is 1. The molecule has 0 saturated carbocycles. The van der Waals surface area contributed by atoms with Gasteiger partial charge in [0.1, 0.15) is 0 Å². The number of methoxy groups -OCH3 is 1. The summed E-state index contributed by atoms with van der Waals surface area (Å²) in [6.45, 7) is 4.24. The Bertz CT molecular complexity index is 393. The van der Waals surface area contributed by atoms with Crippen LogP contribution in [0.4, 0.5) is 0 Å². The predicted molar refractivity (Wildman–Crippen MR) is 68.1 cm³/mol. The Kier molecular flexibility index (Phi) is 4.33. The van der Waals surface area contributed by atoms with Gasteiger partial charge in [-0.25, -0.2) is 4.79 Å². The normalized spacial score (nSPS) is 24.8. The zero-order chi connectivity index (χ0) is 13.0. The van der Waals surface area contributed by atoms with Crippen molar-refractivity contribution in [3.8, 4) is 0 Å². The molecule has 18 heavy (non-hydrogen) atoms. The minimum atomic E-state index is -0.470. The standard InChI is InChI=1S/C14H19NO3/c1-11-8-15(9-12-6-4-3-5-7-12)10-13(18-11)14(16)17-2/h3-7,11,13H,8-10H2,1-2H3/t11-,13+/m0/s1. The minimum Gasteiger partial charge on any atom is -0.467 e. The van der Waals surface area contributed by atoms with E-state index in [-0.39, 0.29) is 12.1 Å². The van der Waals surface area contributed by atoms with Gasteiger partial charge in [-0.2, -0.15) is 0 Å². The number of nitrogens with zero attached hydrogens (tertiary/aromatic N) is 1. The van der Waals surface area contributed by atoms with Crippen LogP contribution in [0.2, 0.25) is 0 Å². The topological polar surface area (TPSA) is 38.8 Å². The largest absolute Gasteiger partial charge is 0.467 e. The van der Waals surface area contributed by atoms with E-state index in [9.17, 15) is 4.79 Å². The first-order valence-corrected chi connectivity index (χ1v) is 6.18. The van der Waals surface area contributed by atoms with Gasteiger partial charge in [0.25, 0.3) is 0 Å². The first kappa shape index (κ1) is 13.1. The van der Waals surface area contributed by atoms with E-state index in [1.807, 2.05) is 25.1 Å². The monoisotopic (exact) mass is 249 g/mol. The minimum absolute atomic E-state index is 0.0477. The second-order valence-corrected chi connectivity index (χ2v) is 4.64. The zero-order valence-corrected chi connectivity index (χ0v) is 10.8. The first-order valence-electron chi connectivity index (χ1n) is 6.18. The number of hydrogen-bond acceptors (Lipinski definition) is 4. The third kappa shape index (κ3) is 3.31. The van der Waals surface area contributed by atoms with Gasteiger partial charge in [-0.3, -0.25) is 4.90 Å². The molecular weight excluding hydrogens is 230 g/mol. The lowest BCUT2D eigenvalue weighted by Crippen LogP contribution is -2.49. The Morgan fingerprint density at radius 3 is 2.78 bits per heavy atom. The number of ether oxygens (including phenoxy) is 2. The molecule has 4 nitrogen and oxygen atoms in total. The molecule has 0 bridgehead atoms. The highest BCUT2D eigenvalue weighted by Crippen LogP contribution is 2.15. The lowest BCUT2D eigenvalue weighted by atomic mass is 10.1. The molecule has 0 unspecified atom stereocenters. The molecule has 0 aliphatic carbocycles. The van der Waals surface area contributed by atoms with Crippen molar-refractivity contribution in [2.75, 3.05) is 20.2 Å². The summed E-state index contributed by atoms with van der Waals surface area (Å²) in [5.41, 5.74) is 1.25. The lowest BCUT2D eigenvalue weighted by Gasteiger charge is -2.35. The van der Waals surface area contributed by atoms with Crippen LogP contribution in [0.25, 0.3) is 0 Å². The van der Waals surface area contributed by atoms with Crippen molar-refractivity contribution >= 4 is 5.97 Å². The SMILES string of the molecule is COC(=O)[C@H]1CN(Cc2ccccc2)C[C@H](C)O1. The van der Waals surface area contributed by atoms with Crippen LogP contribution in [0, 0.1) is 0 Å². The molecule has 0 amide bonds. The van der Waals surface area contributed by atoms with E-state index in [2.05, 4.69) is 17.0 Å². The maximum absolute atomic E-state index is 11.5. The van der Waals surface area contributed by atoms with Crippen molar-refractivity contribution < 1.29 is 14.3 Å². The Morgan fingerprint density at radius 1 is 1.39 bits per heavy atom. The summed E-state index contributed by atoms with van der Waals surface area (Å²) in [6.07, 6.45) is -0.422. The Labute approximate surface area is 107 Å². The van der Waals surface area contributed by atoms with E-state index in [4.69, 9.17) is 9.47 Å². The number of morpholine rings is 1. The molecule has 98 valence electrons. The zero-order valence-electron chi connectivity index (χ0n) is 10.8. The van der Waals surface area contributed by atoms with Crippen LogP contribution in [0.1, 0.15) is 12.5 Å². The highest BCUT2D eigenvalue weighted by Gasteiger charge is 2.30. The van der Waals surface area contributed by atoms with Crippen LogP contribution >= 0.6 is 0 Å². The molecule has 0 radical (unpaired) electrons. The fourth-order valence-corrected chi connectivity index (χ4v) is 2.27. The van der Waals surface area contributed by atoms with Crippen LogP contribution in [0.3, 0.4) is 0 Å². The maximum Gasteiger partial charge on any atom is 0.336 e. The Balaban J connectivity index is 1.98. The third-order valence-electron chi connectivity index (χ3n) is 3.05. The van der Waals surface area contributed by atoms with E-state index in [0.717, 1.165) is 13.1 Å². The van der Waals surface area contributed by atoms with Crippen molar-refractivity contribution in [1.82, 2.24) is 4.90 Å². The van der Waals surface area contributed by atoms with Gasteiger partial charge in [-0.15, -0.1) is 0 Å². The second kappa shape index (κ2) is 5.98. The molecular formula is C14H19NO3. The van der Waals surface area contributed by atoms with Crippen molar-refractivity contribution in [3.63, 3.8) is 0 Å². The molecule has 2 atom stereocenters. The summed E-state index contributed by atoms with van der Waals surface area (Å²) in [7, 11) is 1.40. The summed E-state index contributed by atoms with van der Waals surface area (Å²) in [4.78, 5) is 13.8. The van der Waals surface area contributed by atoms with Gasteiger partial charge >= 0.3 is 5.97 Å². The van der Waals surface area contributed by atoms with Crippen LogP contribution in [0.15, 0.2) is 30.3 Å². The molecule has 4 heteroatoms. The molecule has 2 rings (SSSR count). The van der Waals surface area contributed by atoms with Crippen molar-refractivity contribution in [2.45, 2.75) is 25.7 Å². The van der Waals surface area contributed by atoms with Crippen molar-refractivity contribution in [3.05, 3.63) is 35.9 Å². The summed E-state index contributed by atoms with van der Waals surface area (Å²) < 4.78 is 10.3. The van der Waals surface area contributed by atoms with E-state index in [0.29, 0.717) is 6.54 Å². The third-order valence-corrected chi connectivity index (χ3v) is 3.05. The molecule has 0 aromatic heterocycles. The summed E-state index contributed by atoms with van der Waals surface area (Å²) in [5.74, 6) is -0.292. The summed E-state index contributed by atoms with van der Waals surface area (Å²) >= 11 is 0. The van der Waals surface area contributed by atoms with E-state index >= 15 is 0 Å². The number of carbonyl (C=O) groups is 1. The maximum atomic E-state index is 11.5. The van der Waals surface area contributed by atoms with Crippen LogP contribution in [-0.2, 0) is 20.8 Å². The average Bonchev–Trinajstić information content (AvgIpc) is 2.38. The fourth-order valence-electron chi connectivity index (χ4n) is 2.27. The average molecular weight is 249 g/mol. The summed E-state index contributed by atoms with van der Waals surface area (Å²) in [5, 5.41) is 0. The number of rotatable bonds is 3. The molecule has 0 N–H and O–H groups in total. The molecule has 1 aromatic carbocycles. The molecule has 1 aliphatic rings. The smallest absolute Gasteiger partial charge is 0.336 e. The first-order chi connectivity index (χ1) is 8.69. The Morgan fingerprint density at radius 2 is 2.11 bits per heavy atom. The molecule has 1 aliphatic heterocycles. The van der Waals surface area contributed by atoms with Crippen molar-refractivity contribution in [1.29, 1.82) is 0 Å². The summed E-state index contributed by atoms with van der Waals surface area (Å²) in [6, 6.07) is 10.2. The van der Waals surface area contributed by atoms with E-state index < -0.39 is 6.10 Å². The highest BCUT2D eigenvalue weighted by atomic mass is 16.6. The predicted octanol–water partition coefficient (Wildman–Crippen LogP) is 1.45. The van der Waals surface area contributed by atoms with Gasteiger partial charge in [0.15, 0.2) is 6.10 Å². The van der Waals surface area contributed by atoms with Gasteiger partial charge in [-0.1, -0.05) is 30.3 Å². The number of hydrogen-bond donors (Lipinski definition) is 0. The highest BCUT2D eigenvalue weighted by molar-refractivity contribution is 5.74. The van der Waals surface area contributed by atoms with Gasteiger partial charge in [-0.05, 0) is 12.5 Å². The van der Waals surface area contributed by atoms with Gasteiger partial charge in [0, 0.05) is 19.6 Å². The van der Waals surface area contributed by atoms with Gasteiger partial charge < -0.3 is 9.47 Å². The second-order valence-electron chi connectivity index (χ2n) is 4.64. The van der Waals surface area contributed by atoms with Gasteiger partial charge in [0.05, 0.1) is 13.2 Å². The quantitative estimate of drug-likeness (QED) is 0.760. The molecule has 0 spiro atoms. The molecule has 1 aromatic rings. The van der Waals surface area contributed by atoms with Crippen LogP contribution in [-0.4, -0.2) is 43.3 Å². The molecule has 1 saturated heterocycles. The van der Waals surface area contributed by atoms with Crippen molar-refractivity contribution in [2.24, 2.45) is 0 Å².